The van der Waals surface area contributed by atoms with Gasteiger partial charge in [0.05, 0.1) is 24.8 Å². The molecule has 0 spiro atoms. The van der Waals surface area contributed by atoms with Crippen LogP contribution in [-0.4, -0.2) is 28.9 Å². The zero-order valence-corrected chi connectivity index (χ0v) is 18.4. The number of amides is 1. The van der Waals surface area contributed by atoms with Crippen molar-refractivity contribution in [2.75, 3.05) is 13.2 Å². The molecule has 29 heavy (non-hydrogen) atoms. The highest BCUT2D eigenvalue weighted by molar-refractivity contribution is 5.92. The first-order valence-electron chi connectivity index (χ1n) is 10.6. The van der Waals surface area contributed by atoms with E-state index >= 15 is 0 Å². The van der Waals surface area contributed by atoms with E-state index in [-0.39, 0.29) is 17.5 Å². The Morgan fingerprint density at radius 1 is 1.17 bits per heavy atom. The van der Waals surface area contributed by atoms with E-state index < -0.39 is 0 Å². The number of hydrogen-bond donors (Lipinski definition) is 1. The Morgan fingerprint density at radius 3 is 2.41 bits per heavy atom. The van der Waals surface area contributed by atoms with Crippen LogP contribution >= 0.6 is 0 Å². The lowest BCUT2D eigenvalue weighted by Gasteiger charge is -2.22. The van der Waals surface area contributed by atoms with Crippen LogP contribution in [0.4, 0.5) is 0 Å². The van der Waals surface area contributed by atoms with Crippen molar-refractivity contribution in [3.63, 3.8) is 0 Å². The number of carbonyl (C=O) groups excluding carboxylic acids is 1. The van der Waals surface area contributed by atoms with Crippen molar-refractivity contribution < 1.29 is 14.3 Å². The lowest BCUT2D eigenvalue weighted by molar-refractivity contribution is 0.0933. The molecular formula is C23H33N3O3. The average molecular weight is 400 g/mol. The lowest BCUT2D eigenvalue weighted by Crippen LogP contribution is -2.29. The number of nitrogens with zero attached hydrogens (tertiary/aromatic N) is 2. The predicted octanol–water partition coefficient (Wildman–Crippen LogP) is 4.80. The summed E-state index contributed by atoms with van der Waals surface area (Å²) in [6.07, 6.45) is 2.34. The molecule has 0 saturated heterocycles. The fourth-order valence-electron chi connectivity index (χ4n) is 3.40. The van der Waals surface area contributed by atoms with Crippen LogP contribution in [0.5, 0.6) is 11.5 Å². The van der Waals surface area contributed by atoms with E-state index in [2.05, 4.69) is 31.2 Å². The van der Waals surface area contributed by atoms with Gasteiger partial charge in [0.25, 0.3) is 5.91 Å². The van der Waals surface area contributed by atoms with Gasteiger partial charge < -0.3 is 14.8 Å². The number of carbonyl (C=O) groups is 1. The van der Waals surface area contributed by atoms with Crippen LogP contribution in [-0.2, 0) is 5.54 Å². The number of benzene rings is 1. The van der Waals surface area contributed by atoms with Gasteiger partial charge in [-0.15, -0.1) is 0 Å². The molecule has 6 nitrogen and oxygen atoms in total. The van der Waals surface area contributed by atoms with E-state index in [0.29, 0.717) is 30.6 Å². The molecule has 1 amide bonds. The highest BCUT2D eigenvalue weighted by Gasteiger charge is 2.32. The summed E-state index contributed by atoms with van der Waals surface area (Å²) in [4.78, 5) is 12.9. The predicted molar refractivity (Wildman–Crippen MR) is 114 cm³/mol. The monoisotopic (exact) mass is 399 g/mol. The molecule has 1 aromatic heterocycles. The third-order valence-corrected chi connectivity index (χ3v) is 5.02. The summed E-state index contributed by atoms with van der Waals surface area (Å²) < 4.78 is 13.3. The smallest absolute Gasteiger partial charge is 0.272 e. The summed E-state index contributed by atoms with van der Waals surface area (Å²) >= 11 is 0. The molecule has 1 aromatic carbocycles. The molecule has 0 aliphatic heterocycles. The van der Waals surface area contributed by atoms with Gasteiger partial charge in [-0.3, -0.25) is 9.48 Å². The SMILES string of the molecule is CCOc1ccc(C(C)NC(=O)c2cc(C3CC3)n(C(C)(C)C)n2)cc1OCC. The molecule has 1 atom stereocenters. The minimum atomic E-state index is -0.179. The summed E-state index contributed by atoms with van der Waals surface area (Å²) in [6, 6.07) is 7.56. The molecule has 1 heterocycles. The van der Waals surface area contributed by atoms with Crippen LogP contribution in [0.25, 0.3) is 0 Å². The second kappa shape index (κ2) is 8.47. The van der Waals surface area contributed by atoms with E-state index in [1.165, 1.54) is 12.8 Å². The molecule has 1 saturated carbocycles. The van der Waals surface area contributed by atoms with Gasteiger partial charge in [-0.1, -0.05) is 6.07 Å². The van der Waals surface area contributed by atoms with Crippen molar-refractivity contribution in [2.45, 2.75) is 71.9 Å². The van der Waals surface area contributed by atoms with Gasteiger partial charge in [0.2, 0.25) is 0 Å². The second-order valence-corrected chi connectivity index (χ2v) is 8.58. The van der Waals surface area contributed by atoms with Gasteiger partial charge in [-0.2, -0.15) is 5.10 Å². The molecule has 1 unspecified atom stereocenters. The Labute approximate surface area is 173 Å². The first kappa shape index (κ1) is 21.2. The van der Waals surface area contributed by atoms with E-state index in [9.17, 15) is 4.79 Å². The quantitative estimate of drug-likeness (QED) is 0.692. The fraction of sp³-hybridized carbons (Fsp3) is 0.565. The number of hydrogen-bond acceptors (Lipinski definition) is 4. The Bertz CT molecular complexity index is 863. The van der Waals surface area contributed by atoms with Crippen molar-refractivity contribution in [3.8, 4) is 11.5 Å². The van der Waals surface area contributed by atoms with E-state index in [1.807, 2.05) is 49.7 Å². The summed E-state index contributed by atoms with van der Waals surface area (Å²) in [6.45, 7) is 13.3. The lowest BCUT2D eigenvalue weighted by atomic mass is 10.1. The Balaban J connectivity index is 1.78. The number of aromatic nitrogens is 2. The van der Waals surface area contributed by atoms with Crippen molar-refractivity contribution in [2.24, 2.45) is 0 Å². The van der Waals surface area contributed by atoms with E-state index in [4.69, 9.17) is 9.47 Å². The number of nitrogens with one attached hydrogen (secondary N) is 1. The maximum Gasteiger partial charge on any atom is 0.272 e. The molecular weight excluding hydrogens is 366 g/mol. The van der Waals surface area contributed by atoms with Crippen LogP contribution in [0, 0.1) is 0 Å². The highest BCUT2D eigenvalue weighted by Crippen LogP contribution is 2.41. The Kier molecular flexibility index (Phi) is 6.20. The molecule has 158 valence electrons. The van der Waals surface area contributed by atoms with Crippen LogP contribution in [0.3, 0.4) is 0 Å². The maximum absolute atomic E-state index is 12.9. The van der Waals surface area contributed by atoms with Gasteiger partial charge in [0.1, 0.15) is 5.69 Å². The average Bonchev–Trinajstić information content (AvgIpc) is 3.40. The summed E-state index contributed by atoms with van der Waals surface area (Å²) in [5.74, 6) is 1.78. The van der Waals surface area contributed by atoms with Crippen molar-refractivity contribution in [1.82, 2.24) is 15.1 Å². The summed E-state index contributed by atoms with van der Waals surface area (Å²) in [5.41, 5.74) is 2.45. The third-order valence-electron chi connectivity index (χ3n) is 5.02. The molecule has 6 heteroatoms. The minimum Gasteiger partial charge on any atom is -0.490 e. The Morgan fingerprint density at radius 2 is 1.83 bits per heavy atom. The van der Waals surface area contributed by atoms with Crippen molar-refractivity contribution in [1.29, 1.82) is 0 Å². The first-order valence-corrected chi connectivity index (χ1v) is 10.6. The Hall–Kier alpha value is -2.50. The van der Waals surface area contributed by atoms with Crippen LogP contribution < -0.4 is 14.8 Å². The van der Waals surface area contributed by atoms with Crippen molar-refractivity contribution >= 4 is 5.91 Å². The summed E-state index contributed by atoms with van der Waals surface area (Å²) in [7, 11) is 0. The molecule has 1 aliphatic carbocycles. The van der Waals surface area contributed by atoms with E-state index in [0.717, 1.165) is 17.0 Å². The topological polar surface area (TPSA) is 65.4 Å². The number of ether oxygens (including phenoxy) is 2. The van der Waals surface area contributed by atoms with Crippen LogP contribution in [0.1, 0.15) is 88.1 Å². The molecule has 1 fully saturated rings. The molecule has 0 bridgehead atoms. The second-order valence-electron chi connectivity index (χ2n) is 8.58. The zero-order chi connectivity index (χ0) is 21.2. The van der Waals surface area contributed by atoms with Gasteiger partial charge in [0.15, 0.2) is 11.5 Å². The molecule has 2 aromatic rings. The zero-order valence-electron chi connectivity index (χ0n) is 18.4. The fourth-order valence-corrected chi connectivity index (χ4v) is 3.40. The largest absolute Gasteiger partial charge is 0.490 e. The van der Waals surface area contributed by atoms with Gasteiger partial charge in [-0.05, 0) is 78.1 Å². The minimum absolute atomic E-state index is 0.149. The number of rotatable bonds is 8. The summed E-state index contributed by atoms with van der Waals surface area (Å²) in [5, 5.41) is 7.71. The molecule has 3 rings (SSSR count). The normalized spacial score (nSPS) is 15.1. The maximum atomic E-state index is 12.9. The van der Waals surface area contributed by atoms with Crippen molar-refractivity contribution in [3.05, 3.63) is 41.2 Å². The van der Waals surface area contributed by atoms with Crippen LogP contribution in [0.15, 0.2) is 24.3 Å². The van der Waals surface area contributed by atoms with Gasteiger partial charge in [-0.25, -0.2) is 0 Å². The van der Waals surface area contributed by atoms with Crippen LogP contribution in [0.2, 0.25) is 0 Å². The van der Waals surface area contributed by atoms with Gasteiger partial charge >= 0.3 is 0 Å². The molecule has 1 aliphatic rings. The molecule has 1 N–H and O–H groups in total. The molecule has 0 radical (unpaired) electrons. The highest BCUT2D eigenvalue weighted by atomic mass is 16.5. The first-order chi connectivity index (χ1) is 13.7. The van der Waals surface area contributed by atoms with Gasteiger partial charge in [0, 0.05) is 11.6 Å². The van der Waals surface area contributed by atoms with E-state index in [1.54, 1.807) is 0 Å². The standard InChI is InChI=1S/C23H33N3O3/c1-7-28-20-12-11-17(13-21(20)29-8-2)15(3)24-22(27)18-14-19(16-9-10-16)26(25-18)23(4,5)6/h11-16H,7-10H2,1-6H3,(H,24,27). The third kappa shape index (κ3) is 4.92.